The summed E-state index contributed by atoms with van der Waals surface area (Å²) >= 11 is -2.30. The molecule has 0 aromatic carbocycles. The fourth-order valence-corrected chi connectivity index (χ4v) is 1.10. The zero-order valence-corrected chi connectivity index (χ0v) is 7.00. The monoisotopic (exact) mass is 203 g/mol. The average molecular weight is 203 g/mol. The molecule has 0 saturated heterocycles. The van der Waals surface area contributed by atoms with E-state index in [2.05, 4.69) is 0 Å². The van der Waals surface area contributed by atoms with E-state index >= 15 is 0 Å². The highest BCUT2D eigenvalue weighted by molar-refractivity contribution is 7.79. The average Bonchev–Trinajstić information content (AvgIpc) is 2.04. The summed E-state index contributed by atoms with van der Waals surface area (Å²) in [6, 6.07) is 0.858. The third-order valence-corrected chi connectivity index (χ3v) is 1.95. The van der Waals surface area contributed by atoms with Crippen LogP contribution >= 0.6 is 0 Å². The summed E-state index contributed by atoms with van der Waals surface area (Å²) in [6.45, 7) is 0. The van der Waals surface area contributed by atoms with Crippen LogP contribution < -0.4 is 5.56 Å². The van der Waals surface area contributed by atoms with E-state index in [4.69, 9.17) is 9.66 Å². The lowest BCUT2D eigenvalue weighted by atomic mass is 10.3. The molecule has 1 aromatic heterocycles. The van der Waals surface area contributed by atoms with E-state index < -0.39 is 28.2 Å². The van der Waals surface area contributed by atoms with Crippen LogP contribution in [0.15, 0.2) is 22.0 Å². The van der Waals surface area contributed by atoms with Gasteiger partial charge in [0.1, 0.15) is 5.56 Å². The number of aromatic carboxylic acids is 1. The van der Waals surface area contributed by atoms with Crippen molar-refractivity contribution < 1.29 is 18.7 Å². The number of rotatable bonds is 2. The molecule has 13 heavy (non-hydrogen) atoms. The van der Waals surface area contributed by atoms with Gasteiger partial charge in [0, 0.05) is 6.20 Å². The van der Waals surface area contributed by atoms with Gasteiger partial charge < -0.3 is 14.6 Å². The van der Waals surface area contributed by atoms with Crippen LogP contribution in [0.2, 0.25) is 0 Å². The van der Waals surface area contributed by atoms with Crippen LogP contribution in [0.4, 0.5) is 0 Å². The fourth-order valence-electron chi connectivity index (χ4n) is 0.724. The highest BCUT2D eigenvalue weighted by atomic mass is 32.2. The molecule has 1 atom stereocenters. The van der Waals surface area contributed by atoms with Crippen molar-refractivity contribution in [3.05, 3.63) is 28.2 Å². The van der Waals surface area contributed by atoms with Gasteiger partial charge in [-0.15, -0.1) is 0 Å². The van der Waals surface area contributed by atoms with Gasteiger partial charge in [0.05, 0.1) is 4.90 Å². The number of nitrogens with one attached hydrogen (secondary N) is 1. The van der Waals surface area contributed by atoms with Gasteiger partial charge in [0.2, 0.25) is 0 Å². The Kier molecular flexibility index (Phi) is 2.59. The molecule has 1 rings (SSSR count). The van der Waals surface area contributed by atoms with Crippen LogP contribution in [0.1, 0.15) is 10.4 Å². The molecule has 1 unspecified atom stereocenters. The lowest BCUT2D eigenvalue weighted by Crippen LogP contribution is -2.17. The maximum atomic E-state index is 10.8. The van der Waals surface area contributed by atoms with E-state index in [1.165, 1.54) is 0 Å². The summed E-state index contributed by atoms with van der Waals surface area (Å²) < 4.78 is 19.1. The first-order valence-electron chi connectivity index (χ1n) is 3.09. The summed E-state index contributed by atoms with van der Waals surface area (Å²) in [7, 11) is 0. The molecule has 0 saturated carbocycles. The molecule has 1 aromatic rings. The predicted molar refractivity (Wildman–Crippen MR) is 43.1 cm³/mol. The topological polar surface area (TPSA) is 107 Å². The smallest absolute Gasteiger partial charge is 0.341 e. The molecule has 0 fully saturated rings. The van der Waals surface area contributed by atoms with E-state index in [1.807, 2.05) is 4.98 Å². The van der Waals surface area contributed by atoms with Crippen LogP contribution in [0, 0.1) is 0 Å². The number of aromatic nitrogens is 1. The number of H-pyrrole nitrogens is 1. The molecule has 0 bridgehead atoms. The Balaban J connectivity index is 3.35. The summed E-state index contributed by atoms with van der Waals surface area (Å²) in [5.74, 6) is -1.44. The standard InChI is InChI=1S/C6H5NO5S/c8-5-4(6(9)10)1-3(2-7-5)13(11)12/h1-2H,(H,7,8)(H,9,10)(H,11,12). The molecule has 6 nitrogen and oxygen atoms in total. The summed E-state index contributed by atoms with van der Waals surface area (Å²) in [5.41, 5.74) is -1.36. The maximum absolute atomic E-state index is 10.8. The Labute approximate surface area is 74.5 Å². The summed E-state index contributed by atoms with van der Waals surface area (Å²) in [4.78, 5) is 23.1. The van der Waals surface area contributed by atoms with Gasteiger partial charge in [-0.2, -0.15) is 0 Å². The minimum Gasteiger partial charge on any atom is -0.477 e. The van der Waals surface area contributed by atoms with Crippen LogP contribution in [0.25, 0.3) is 0 Å². The quantitative estimate of drug-likeness (QED) is 0.569. The van der Waals surface area contributed by atoms with Crippen molar-refractivity contribution in [1.29, 1.82) is 0 Å². The van der Waals surface area contributed by atoms with E-state index in [0.29, 0.717) is 0 Å². The van der Waals surface area contributed by atoms with Gasteiger partial charge in [0.25, 0.3) is 5.56 Å². The molecule has 3 N–H and O–H groups in total. The fraction of sp³-hybridized carbons (Fsp3) is 0. The largest absolute Gasteiger partial charge is 0.477 e. The molecule has 0 amide bonds. The molecule has 1 heterocycles. The maximum Gasteiger partial charge on any atom is 0.341 e. The first kappa shape index (κ1) is 9.62. The van der Waals surface area contributed by atoms with Crippen molar-refractivity contribution in [3.8, 4) is 0 Å². The Morgan fingerprint density at radius 1 is 1.54 bits per heavy atom. The second kappa shape index (κ2) is 3.50. The highest BCUT2D eigenvalue weighted by Crippen LogP contribution is 2.02. The van der Waals surface area contributed by atoms with Gasteiger partial charge >= 0.3 is 5.97 Å². The third kappa shape index (κ3) is 2.01. The third-order valence-electron chi connectivity index (χ3n) is 1.31. The number of carboxylic acids is 1. The molecule has 7 heteroatoms. The summed E-state index contributed by atoms with van der Waals surface area (Å²) in [6.07, 6.45) is 0.991. The van der Waals surface area contributed by atoms with Crippen molar-refractivity contribution >= 4 is 17.0 Å². The van der Waals surface area contributed by atoms with Gasteiger partial charge in [0.15, 0.2) is 11.1 Å². The first-order valence-corrected chi connectivity index (χ1v) is 4.20. The van der Waals surface area contributed by atoms with Crippen molar-refractivity contribution in [1.82, 2.24) is 4.98 Å². The minimum atomic E-state index is -2.30. The van der Waals surface area contributed by atoms with Crippen LogP contribution in [0.5, 0.6) is 0 Å². The lowest BCUT2D eigenvalue weighted by Gasteiger charge is -1.95. The second-order valence-corrected chi connectivity index (χ2v) is 3.10. The molecule has 0 aliphatic carbocycles. The first-order chi connectivity index (χ1) is 6.02. The Bertz CT molecular complexity index is 423. The molecule has 0 aliphatic heterocycles. The van der Waals surface area contributed by atoms with Crippen molar-refractivity contribution in [2.45, 2.75) is 4.90 Å². The van der Waals surface area contributed by atoms with Crippen molar-refractivity contribution in [3.63, 3.8) is 0 Å². The second-order valence-electron chi connectivity index (χ2n) is 2.13. The van der Waals surface area contributed by atoms with E-state index in [0.717, 1.165) is 12.3 Å². The normalized spacial score (nSPS) is 12.4. The zero-order chi connectivity index (χ0) is 10.0. The number of carbonyl (C=O) groups is 1. The molecule has 0 spiro atoms. The van der Waals surface area contributed by atoms with E-state index in [1.54, 1.807) is 0 Å². The Morgan fingerprint density at radius 3 is 2.62 bits per heavy atom. The molecular formula is C6H5NO5S. The number of pyridine rings is 1. The van der Waals surface area contributed by atoms with Gasteiger partial charge in [-0.3, -0.25) is 4.79 Å². The van der Waals surface area contributed by atoms with Crippen LogP contribution in [-0.4, -0.2) is 24.8 Å². The SMILES string of the molecule is O=C(O)c1cc(S(=O)O)c[nH]c1=O. The van der Waals surface area contributed by atoms with Crippen molar-refractivity contribution in [2.75, 3.05) is 0 Å². The van der Waals surface area contributed by atoms with Crippen molar-refractivity contribution in [2.24, 2.45) is 0 Å². The van der Waals surface area contributed by atoms with E-state index in [-0.39, 0.29) is 4.90 Å². The number of hydrogen-bond acceptors (Lipinski definition) is 3. The number of carboxylic acid groups (broad SMARTS) is 1. The molecule has 0 radical (unpaired) electrons. The van der Waals surface area contributed by atoms with Gasteiger partial charge in [-0.25, -0.2) is 9.00 Å². The lowest BCUT2D eigenvalue weighted by molar-refractivity contribution is 0.0694. The highest BCUT2D eigenvalue weighted by Gasteiger charge is 2.11. The molecule has 0 aliphatic rings. The minimum absolute atomic E-state index is 0.156. The molecular weight excluding hydrogens is 198 g/mol. The van der Waals surface area contributed by atoms with E-state index in [9.17, 15) is 13.8 Å². The Morgan fingerprint density at radius 2 is 2.15 bits per heavy atom. The zero-order valence-electron chi connectivity index (χ0n) is 6.18. The van der Waals surface area contributed by atoms with Crippen LogP contribution in [0.3, 0.4) is 0 Å². The molecule has 70 valence electrons. The Hall–Kier alpha value is -1.47. The number of aromatic amines is 1. The van der Waals surface area contributed by atoms with Gasteiger partial charge in [-0.05, 0) is 6.07 Å². The number of hydrogen-bond donors (Lipinski definition) is 3. The van der Waals surface area contributed by atoms with Crippen LogP contribution in [-0.2, 0) is 11.1 Å². The van der Waals surface area contributed by atoms with Gasteiger partial charge in [-0.1, -0.05) is 0 Å². The summed E-state index contributed by atoms with van der Waals surface area (Å²) in [5, 5.41) is 8.47. The predicted octanol–water partition coefficient (Wildman–Crippen LogP) is -0.346.